The molecule has 0 aliphatic heterocycles. The largest absolute Gasteiger partial charge is 0.493 e. The molecule has 0 unspecified atom stereocenters. The number of halogens is 1. The van der Waals surface area contributed by atoms with Gasteiger partial charge < -0.3 is 10.1 Å². The molecule has 124 valence electrons. The Labute approximate surface area is 146 Å². The van der Waals surface area contributed by atoms with Gasteiger partial charge in [-0.1, -0.05) is 23.7 Å². The molecule has 0 spiro atoms. The number of rotatable bonds is 9. The second kappa shape index (κ2) is 9.55. The molecule has 0 radical (unpaired) electrons. The summed E-state index contributed by atoms with van der Waals surface area (Å²) in [6.07, 6.45) is 0.848. The molecule has 2 rings (SSSR count). The summed E-state index contributed by atoms with van der Waals surface area (Å²) in [5.74, 6) is 0.811. The van der Waals surface area contributed by atoms with Crippen molar-refractivity contribution in [3.05, 3.63) is 51.7 Å². The Morgan fingerprint density at radius 3 is 2.96 bits per heavy atom. The van der Waals surface area contributed by atoms with Crippen LogP contribution in [0.1, 0.15) is 11.3 Å². The van der Waals surface area contributed by atoms with Gasteiger partial charge in [0.25, 0.3) is 0 Å². The van der Waals surface area contributed by atoms with Crippen LogP contribution in [-0.4, -0.2) is 37.6 Å². The Balaban J connectivity index is 1.57. The van der Waals surface area contributed by atoms with Crippen LogP contribution >= 0.6 is 22.9 Å². The van der Waals surface area contributed by atoms with Crippen LogP contribution in [0.2, 0.25) is 5.02 Å². The molecule has 0 fully saturated rings. The van der Waals surface area contributed by atoms with E-state index in [1.165, 1.54) is 0 Å². The lowest BCUT2D eigenvalue weighted by Gasteiger charge is -2.16. The number of amides is 1. The number of ether oxygens (including phenoxy) is 1. The molecule has 0 saturated carbocycles. The smallest absolute Gasteiger partial charge is 0.234 e. The molecule has 6 heteroatoms. The van der Waals surface area contributed by atoms with Crippen molar-refractivity contribution < 1.29 is 9.53 Å². The first-order chi connectivity index (χ1) is 11.1. The van der Waals surface area contributed by atoms with E-state index in [2.05, 4.69) is 5.32 Å². The van der Waals surface area contributed by atoms with E-state index in [-0.39, 0.29) is 5.91 Å². The summed E-state index contributed by atoms with van der Waals surface area (Å²) in [4.78, 5) is 15.0. The molecule has 1 aromatic heterocycles. The molecule has 1 N–H and O–H groups in total. The van der Waals surface area contributed by atoms with Crippen LogP contribution in [0, 0.1) is 0 Å². The van der Waals surface area contributed by atoms with Crippen molar-refractivity contribution in [3.63, 3.8) is 0 Å². The maximum Gasteiger partial charge on any atom is 0.234 e. The summed E-state index contributed by atoms with van der Waals surface area (Å²) in [5, 5.41) is 5.60. The van der Waals surface area contributed by atoms with Crippen LogP contribution in [-0.2, 0) is 11.3 Å². The van der Waals surface area contributed by atoms with Crippen LogP contribution in [0.3, 0.4) is 0 Å². The third-order valence-corrected chi connectivity index (χ3v) is 4.31. The van der Waals surface area contributed by atoms with Crippen molar-refractivity contribution in [2.45, 2.75) is 13.0 Å². The van der Waals surface area contributed by atoms with E-state index < -0.39 is 0 Å². The quantitative estimate of drug-likeness (QED) is 0.703. The van der Waals surface area contributed by atoms with E-state index in [1.54, 1.807) is 17.4 Å². The number of benzene rings is 1. The summed E-state index contributed by atoms with van der Waals surface area (Å²) >= 11 is 7.55. The molecule has 0 aliphatic rings. The van der Waals surface area contributed by atoms with Crippen molar-refractivity contribution in [3.8, 4) is 5.75 Å². The zero-order valence-electron chi connectivity index (χ0n) is 13.1. The summed E-state index contributed by atoms with van der Waals surface area (Å²) in [7, 11) is 1.93. The zero-order valence-corrected chi connectivity index (χ0v) is 14.7. The van der Waals surface area contributed by atoms with Crippen LogP contribution in [0.4, 0.5) is 0 Å². The Morgan fingerprint density at radius 1 is 1.35 bits per heavy atom. The van der Waals surface area contributed by atoms with E-state index in [9.17, 15) is 4.79 Å². The number of hydrogen-bond acceptors (Lipinski definition) is 4. The molecule has 1 aromatic carbocycles. The van der Waals surface area contributed by atoms with Gasteiger partial charge in [0.1, 0.15) is 5.75 Å². The Bertz CT molecular complexity index is 604. The van der Waals surface area contributed by atoms with Gasteiger partial charge >= 0.3 is 0 Å². The minimum atomic E-state index is 0.0386. The van der Waals surface area contributed by atoms with Gasteiger partial charge in [0.05, 0.1) is 19.7 Å². The second-order valence-corrected chi connectivity index (χ2v) is 6.72. The van der Waals surface area contributed by atoms with E-state index in [0.29, 0.717) is 24.7 Å². The highest BCUT2D eigenvalue weighted by atomic mass is 35.5. The Hall–Kier alpha value is -1.56. The maximum atomic E-state index is 11.8. The monoisotopic (exact) mass is 352 g/mol. The minimum absolute atomic E-state index is 0.0386. The fraction of sp³-hybridized carbons (Fsp3) is 0.353. The molecular weight excluding hydrogens is 332 g/mol. The lowest BCUT2D eigenvalue weighted by atomic mass is 10.3. The fourth-order valence-electron chi connectivity index (χ4n) is 2.06. The molecule has 1 amide bonds. The topological polar surface area (TPSA) is 41.6 Å². The number of hydrogen-bond donors (Lipinski definition) is 1. The van der Waals surface area contributed by atoms with Crippen LogP contribution in [0.15, 0.2) is 41.8 Å². The standard InChI is InChI=1S/C17H21ClN2O2S/c1-20(13-17(21)19-12-16-7-3-10-23-16)8-4-9-22-15-6-2-5-14(18)11-15/h2-3,5-7,10-11H,4,8-9,12-13H2,1H3,(H,19,21). The van der Waals surface area contributed by atoms with Gasteiger partial charge in [0, 0.05) is 16.4 Å². The van der Waals surface area contributed by atoms with Gasteiger partial charge in [0.2, 0.25) is 5.91 Å². The lowest BCUT2D eigenvalue weighted by Crippen LogP contribution is -2.35. The number of nitrogens with zero attached hydrogens (tertiary/aromatic N) is 1. The first-order valence-corrected chi connectivity index (χ1v) is 8.75. The normalized spacial score (nSPS) is 10.7. The molecule has 0 aliphatic carbocycles. The third kappa shape index (κ3) is 7.03. The van der Waals surface area contributed by atoms with Crippen molar-refractivity contribution >= 4 is 28.8 Å². The molecule has 4 nitrogen and oxygen atoms in total. The fourth-order valence-corrected chi connectivity index (χ4v) is 2.89. The average molecular weight is 353 g/mol. The van der Waals surface area contributed by atoms with Crippen molar-refractivity contribution in [2.24, 2.45) is 0 Å². The van der Waals surface area contributed by atoms with Gasteiger partial charge in [-0.2, -0.15) is 0 Å². The predicted octanol–water partition coefficient (Wildman–Crippen LogP) is 3.42. The Morgan fingerprint density at radius 2 is 2.22 bits per heavy atom. The van der Waals surface area contributed by atoms with Gasteiger partial charge in [0.15, 0.2) is 0 Å². The second-order valence-electron chi connectivity index (χ2n) is 5.25. The highest BCUT2D eigenvalue weighted by molar-refractivity contribution is 7.09. The van der Waals surface area contributed by atoms with Crippen LogP contribution in [0.25, 0.3) is 0 Å². The molecule has 1 heterocycles. The zero-order chi connectivity index (χ0) is 16.5. The summed E-state index contributed by atoms with van der Waals surface area (Å²) in [6, 6.07) is 11.4. The Kier molecular flexibility index (Phi) is 7.39. The highest BCUT2D eigenvalue weighted by Gasteiger charge is 2.06. The van der Waals surface area contributed by atoms with E-state index >= 15 is 0 Å². The number of carbonyl (C=O) groups is 1. The number of carbonyl (C=O) groups excluding carboxylic acids is 1. The maximum absolute atomic E-state index is 11.8. The van der Waals surface area contributed by atoms with Gasteiger partial charge in [-0.15, -0.1) is 11.3 Å². The van der Waals surface area contributed by atoms with E-state index in [0.717, 1.165) is 23.6 Å². The van der Waals surface area contributed by atoms with Crippen molar-refractivity contribution in [2.75, 3.05) is 26.7 Å². The van der Waals surface area contributed by atoms with Gasteiger partial charge in [-0.25, -0.2) is 0 Å². The third-order valence-electron chi connectivity index (χ3n) is 3.20. The van der Waals surface area contributed by atoms with Crippen molar-refractivity contribution in [1.29, 1.82) is 0 Å². The number of thiophene rings is 1. The first kappa shape index (κ1) is 17.8. The van der Waals surface area contributed by atoms with E-state index in [4.69, 9.17) is 16.3 Å². The number of likely N-dealkylation sites (N-methyl/N-ethyl adjacent to an activating group) is 1. The summed E-state index contributed by atoms with van der Waals surface area (Å²) in [5.41, 5.74) is 0. The van der Waals surface area contributed by atoms with E-state index in [1.807, 2.05) is 47.7 Å². The lowest BCUT2D eigenvalue weighted by molar-refractivity contribution is -0.122. The molecule has 2 aromatic rings. The van der Waals surface area contributed by atoms with Gasteiger partial charge in [-0.05, 0) is 43.1 Å². The highest BCUT2D eigenvalue weighted by Crippen LogP contribution is 2.17. The minimum Gasteiger partial charge on any atom is -0.493 e. The summed E-state index contributed by atoms with van der Waals surface area (Å²) in [6.45, 7) is 2.39. The molecule has 0 atom stereocenters. The molecule has 0 saturated heterocycles. The van der Waals surface area contributed by atoms with Crippen molar-refractivity contribution in [1.82, 2.24) is 10.2 Å². The van der Waals surface area contributed by atoms with Gasteiger partial charge in [-0.3, -0.25) is 9.69 Å². The number of nitrogens with one attached hydrogen (secondary N) is 1. The van der Waals surface area contributed by atoms with Crippen LogP contribution in [0.5, 0.6) is 5.75 Å². The molecule has 0 bridgehead atoms. The average Bonchev–Trinajstić information content (AvgIpc) is 3.03. The molecular formula is C17H21ClN2O2S. The SMILES string of the molecule is CN(CCCOc1cccc(Cl)c1)CC(=O)NCc1cccs1. The molecule has 23 heavy (non-hydrogen) atoms. The predicted molar refractivity (Wildman–Crippen MR) is 95.2 cm³/mol. The van der Waals surface area contributed by atoms with Crippen LogP contribution < -0.4 is 10.1 Å². The first-order valence-electron chi connectivity index (χ1n) is 7.49. The summed E-state index contributed by atoms with van der Waals surface area (Å²) < 4.78 is 5.63.